The summed E-state index contributed by atoms with van der Waals surface area (Å²) in [6.07, 6.45) is 3.00. The molecule has 0 aliphatic rings. The molecule has 8 heavy (non-hydrogen) atoms. The van der Waals surface area contributed by atoms with E-state index in [0.717, 1.165) is 19.5 Å². The van der Waals surface area contributed by atoms with Gasteiger partial charge in [0, 0.05) is 6.54 Å². The summed E-state index contributed by atoms with van der Waals surface area (Å²) in [5.74, 6) is 0. The van der Waals surface area contributed by atoms with E-state index in [4.69, 9.17) is 0 Å². The summed E-state index contributed by atoms with van der Waals surface area (Å²) in [5, 5.41) is 3.04. The Kier molecular flexibility index (Phi) is 6.32. The van der Waals surface area contributed by atoms with Gasteiger partial charge in [0.05, 0.1) is 0 Å². The molecule has 0 aromatic carbocycles. The molecule has 0 aromatic rings. The predicted octanol–water partition coefficient (Wildman–Crippen LogP) is 0.687. The van der Waals surface area contributed by atoms with Crippen LogP contribution in [0, 0.1) is 0 Å². The number of hydrogen-bond acceptors (Lipinski definition) is 2. The van der Waals surface area contributed by atoms with E-state index >= 15 is 0 Å². The van der Waals surface area contributed by atoms with E-state index in [0.29, 0.717) is 0 Å². The van der Waals surface area contributed by atoms with Gasteiger partial charge in [-0.05, 0) is 33.2 Å². The summed E-state index contributed by atoms with van der Waals surface area (Å²) in [6, 6.07) is 0. The molecule has 0 amide bonds. The van der Waals surface area contributed by atoms with E-state index in [-0.39, 0.29) is 0 Å². The molecule has 48 valence electrons. The average molecular weight is 114 g/mol. The van der Waals surface area contributed by atoms with Gasteiger partial charge in [0.2, 0.25) is 0 Å². The largest absolute Gasteiger partial charge is 0.319 e. The first kappa shape index (κ1) is 7.63. The fourth-order valence-electron chi connectivity index (χ4n) is 0.429. The standard InChI is InChI=1S/C6H14N2/c1-3-8-6-4-5-7-2/h6-7H,3-5H2,1-2H3. The molecule has 1 N–H and O–H groups in total. The minimum absolute atomic E-state index is 0.906. The van der Waals surface area contributed by atoms with Crippen molar-refractivity contribution in [1.29, 1.82) is 0 Å². The quantitative estimate of drug-likeness (QED) is 0.422. The first-order valence-corrected chi connectivity index (χ1v) is 3.04. The number of aliphatic imine (C=N–C) groups is 1. The molecule has 0 aromatic heterocycles. The Morgan fingerprint density at radius 3 is 2.88 bits per heavy atom. The molecule has 0 aliphatic heterocycles. The topological polar surface area (TPSA) is 24.4 Å². The van der Waals surface area contributed by atoms with Crippen LogP contribution < -0.4 is 5.32 Å². The Morgan fingerprint density at radius 2 is 2.38 bits per heavy atom. The predicted molar refractivity (Wildman–Crippen MR) is 37.6 cm³/mol. The van der Waals surface area contributed by atoms with Crippen LogP contribution in [0.1, 0.15) is 13.3 Å². The second-order valence-electron chi connectivity index (χ2n) is 1.57. The Bertz CT molecular complexity index is 59.5. The first-order valence-electron chi connectivity index (χ1n) is 3.04. The molecule has 0 rings (SSSR count). The second-order valence-corrected chi connectivity index (χ2v) is 1.57. The van der Waals surface area contributed by atoms with Gasteiger partial charge in [-0.1, -0.05) is 0 Å². The van der Waals surface area contributed by atoms with Crippen molar-refractivity contribution in [2.24, 2.45) is 4.99 Å². The normalized spacial score (nSPS) is 10.8. The highest BCUT2D eigenvalue weighted by atomic mass is 14.8. The molecule has 0 heterocycles. The zero-order chi connectivity index (χ0) is 6.24. The molecule has 0 fully saturated rings. The Balaban J connectivity index is 2.80. The smallest absolute Gasteiger partial charge is 0.0357 e. The van der Waals surface area contributed by atoms with Crippen molar-refractivity contribution in [3.8, 4) is 0 Å². The summed E-state index contributed by atoms with van der Waals surface area (Å²) in [7, 11) is 1.94. The maximum Gasteiger partial charge on any atom is 0.0357 e. The SMILES string of the molecule is CCN=CCCNC. The highest BCUT2D eigenvalue weighted by Gasteiger charge is 1.73. The number of nitrogens with one attached hydrogen (secondary N) is 1. The van der Waals surface area contributed by atoms with Crippen molar-refractivity contribution >= 4 is 6.21 Å². The van der Waals surface area contributed by atoms with Gasteiger partial charge >= 0.3 is 0 Å². The molecule has 2 nitrogen and oxygen atoms in total. The molecule has 0 bridgehead atoms. The van der Waals surface area contributed by atoms with E-state index in [9.17, 15) is 0 Å². The Hall–Kier alpha value is -0.370. The van der Waals surface area contributed by atoms with Gasteiger partial charge in [0.25, 0.3) is 0 Å². The lowest BCUT2D eigenvalue weighted by Crippen LogP contribution is -2.07. The maximum atomic E-state index is 4.04. The second kappa shape index (κ2) is 6.63. The number of hydrogen-bond donors (Lipinski definition) is 1. The Morgan fingerprint density at radius 1 is 1.62 bits per heavy atom. The van der Waals surface area contributed by atoms with Crippen molar-refractivity contribution in [2.75, 3.05) is 20.1 Å². The zero-order valence-electron chi connectivity index (χ0n) is 5.65. The maximum absolute atomic E-state index is 4.04. The minimum atomic E-state index is 0.906. The fraction of sp³-hybridized carbons (Fsp3) is 0.833. The average Bonchev–Trinajstić information content (AvgIpc) is 1.81. The van der Waals surface area contributed by atoms with Crippen LogP contribution in [-0.2, 0) is 0 Å². The van der Waals surface area contributed by atoms with Crippen LogP contribution in [0.4, 0.5) is 0 Å². The third kappa shape index (κ3) is 5.63. The third-order valence-corrected chi connectivity index (χ3v) is 0.835. The molecular weight excluding hydrogens is 100 g/mol. The van der Waals surface area contributed by atoms with E-state index in [1.165, 1.54) is 0 Å². The van der Waals surface area contributed by atoms with Crippen LogP contribution in [-0.4, -0.2) is 26.4 Å². The third-order valence-electron chi connectivity index (χ3n) is 0.835. The monoisotopic (exact) mass is 114 g/mol. The minimum Gasteiger partial charge on any atom is -0.319 e. The van der Waals surface area contributed by atoms with Crippen molar-refractivity contribution < 1.29 is 0 Å². The van der Waals surface area contributed by atoms with Crippen LogP contribution in [0.3, 0.4) is 0 Å². The zero-order valence-corrected chi connectivity index (χ0v) is 5.65. The summed E-state index contributed by atoms with van der Waals surface area (Å²) in [4.78, 5) is 4.04. The highest BCUT2D eigenvalue weighted by Crippen LogP contribution is 1.69. The van der Waals surface area contributed by atoms with Gasteiger partial charge in [-0.15, -0.1) is 0 Å². The number of rotatable bonds is 4. The van der Waals surface area contributed by atoms with E-state index in [1.54, 1.807) is 0 Å². The van der Waals surface area contributed by atoms with Gasteiger partial charge in [-0.2, -0.15) is 0 Å². The van der Waals surface area contributed by atoms with Gasteiger partial charge < -0.3 is 5.32 Å². The Labute approximate surface area is 51.0 Å². The lowest BCUT2D eigenvalue weighted by Gasteiger charge is -1.88. The van der Waals surface area contributed by atoms with Gasteiger partial charge in [-0.3, -0.25) is 4.99 Å². The van der Waals surface area contributed by atoms with Crippen LogP contribution >= 0.6 is 0 Å². The summed E-state index contributed by atoms with van der Waals surface area (Å²) >= 11 is 0. The fourth-order valence-corrected chi connectivity index (χ4v) is 0.429. The van der Waals surface area contributed by atoms with Crippen molar-refractivity contribution in [3.63, 3.8) is 0 Å². The van der Waals surface area contributed by atoms with Crippen molar-refractivity contribution in [3.05, 3.63) is 0 Å². The van der Waals surface area contributed by atoms with Crippen molar-refractivity contribution in [1.82, 2.24) is 5.32 Å². The van der Waals surface area contributed by atoms with Gasteiger partial charge in [0.1, 0.15) is 0 Å². The van der Waals surface area contributed by atoms with Crippen LogP contribution in [0.25, 0.3) is 0 Å². The first-order chi connectivity index (χ1) is 3.91. The molecule has 0 aliphatic carbocycles. The summed E-state index contributed by atoms with van der Waals surface area (Å²) in [5.41, 5.74) is 0. The van der Waals surface area contributed by atoms with Gasteiger partial charge in [-0.25, -0.2) is 0 Å². The molecule has 0 spiro atoms. The highest BCUT2D eigenvalue weighted by molar-refractivity contribution is 5.57. The van der Waals surface area contributed by atoms with Crippen LogP contribution in [0.2, 0.25) is 0 Å². The molecule has 0 saturated heterocycles. The molecule has 0 saturated carbocycles. The molecule has 0 atom stereocenters. The number of nitrogens with zero attached hydrogens (tertiary/aromatic N) is 1. The van der Waals surface area contributed by atoms with Crippen LogP contribution in [0.5, 0.6) is 0 Å². The molecule has 0 radical (unpaired) electrons. The summed E-state index contributed by atoms with van der Waals surface area (Å²) < 4.78 is 0. The molecule has 0 unspecified atom stereocenters. The van der Waals surface area contributed by atoms with E-state index in [1.807, 2.05) is 20.2 Å². The van der Waals surface area contributed by atoms with E-state index < -0.39 is 0 Å². The van der Waals surface area contributed by atoms with Gasteiger partial charge in [0.15, 0.2) is 0 Å². The van der Waals surface area contributed by atoms with Crippen LogP contribution in [0.15, 0.2) is 4.99 Å². The van der Waals surface area contributed by atoms with E-state index in [2.05, 4.69) is 10.3 Å². The lowest BCUT2D eigenvalue weighted by atomic mass is 10.5. The van der Waals surface area contributed by atoms with Crippen molar-refractivity contribution in [2.45, 2.75) is 13.3 Å². The molecule has 2 heteroatoms. The lowest BCUT2D eigenvalue weighted by molar-refractivity contribution is 0.828. The summed E-state index contributed by atoms with van der Waals surface area (Å²) in [6.45, 7) is 3.98. The molecular formula is C6H14N2.